The molecular formula is C10H16N2O3. The summed E-state index contributed by atoms with van der Waals surface area (Å²) in [5.74, 6) is -0.0766. The SMILES string of the molecule is CC(C)OCC(=O)N1CCOC(C#N)C1. The van der Waals surface area contributed by atoms with E-state index < -0.39 is 6.10 Å². The van der Waals surface area contributed by atoms with Crippen LogP contribution in [-0.4, -0.2) is 49.3 Å². The second kappa shape index (κ2) is 5.69. The molecule has 0 aromatic rings. The standard InChI is InChI=1S/C10H16N2O3/c1-8(2)15-7-10(13)12-3-4-14-9(5-11)6-12/h8-9H,3-4,6-7H2,1-2H3. The van der Waals surface area contributed by atoms with Gasteiger partial charge in [0.05, 0.1) is 25.3 Å². The first-order valence-electron chi connectivity index (χ1n) is 5.04. The first-order valence-corrected chi connectivity index (χ1v) is 5.04. The Labute approximate surface area is 89.6 Å². The van der Waals surface area contributed by atoms with Gasteiger partial charge >= 0.3 is 0 Å². The van der Waals surface area contributed by atoms with E-state index in [1.807, 2.05) is 19.9 Å². The number of hydrogen-bond acceptors (Lipinski definition) is 4. The van der Waals surface area contributed by atoms with Gasteiger partial charge in [0.25, 0.3) is 0 Å². The number of carbonyl (C=O) groups excluding carboxylic acids is 1. The molecule has 0 aromatic heterocycles. The van der Waals surface area contributed by atoms with Crippen LogP contribution in [0.5, 0.6) is 0 Å². The minimum absolute atomic E-state index is 0.0433. The summed E-state index contributed by atoms with van der Waals surface area (Å²) in [6.07, 6.45) is -0.455. The van der Waals surface area contributed by atoms with Crippen LogP contribution < -0.4 is 0 Å². The third-order valence-electron chi connectivity index (χ3n) is 2.10. The molecule has 5 nitrogen and oxygen atoms in total. The average molecular weight is 212 g/mol. The number of nitrogens with zero attached hydrogens (tertiary/aromatic N) is 2. The van der Waals surface area contributed by atoms with Crippen LogP contribution >= 0.6 is 0 Å². The summed E-state index contributed by atoms with van der Waals surface area (Å²) in [7, 11) is 0. The number of hydrogen-bond donors (Lipinski definition) is 0. The summed E-state index contributed by atoms with van der Waals surface area (Å²) in [6.45, 7) is 5.14. The lowest BCUT2D eigenvalue weighted by Gasteiger charge is -2.29. The molecule has 0 bridgehead atoms. The van der Waals surface area contributed by atoms with Gasteiger partial charge in [-0.25, -0.2) is 0 Å². The van der Waals surface area contributed by atoms with Crippen LogP contribution in [0.1, 0.15) is 13.8 Å². The Bertz CT molecular complexity index is 260. The summed E-state index contributed by atoms with van der Waals surface area (Å²) >= 11 is 0. The van der Waals surface area contributed by atoms with Gasteiger partial charge in [0, 0.05) is 6.54 Å². The molecule has 84 valence electrons. The van der Waals surface area contributed by atoms with Gasteiger partial charge in [-0.3, -0.25) is 4.79 Å². The van der Waals surface area contributed by atoms with Crippen molar-refractivity contribution in [3.8, 4) is 6.07 Å². The molecule has 1 aliphatic heterocycles. The van der Waals surface area contributed by atoms with E-state index in [1.54, 1.807) is 4.90 Å². The van der Waals surface area contributed by atoms with Gasteiger partial charge in [-0.15, -0.1) is 0 Å². The van der Waals surface area contributed by atoms with Crippen LogP contribution in [0.4, 0.5) is 0 Å². The molecule has 1 rings (SSSR count). The first-order chi connectivity index (χ1) is 7.13. The van der Waals surface area contributed by atoms with Crippen LogP contribution in [-0.2, 0) is 14.3 Å². The summed E-state index contributed by atoms with van der Waals surface area (Å²) in [5.41, 5.74) is 0. The summed E-state index contributed by atoms with van der Waals surface area (Å²) in [6, 6.07) is 2.00. The molecule has 1 amide bonds. The lowest BCUT2D eigenvalue weighted by Crippen LogP contribution is -2.46. The zero-order valence-electron chi connectivity index (χ0n) is 9.10. The highest BCUT2D eigenvalue weighted by Gasteiger charge is 2.23. The van der Waals surface area contributed by atoms with Crippen molar-refractivity contribution in [1.29, 1.82) is 5.26 Å². The maximum Gasteiger partial charge on any atom is 0.248 e. The quantitative estimate of drug-likeness (QED) is 0.668. The summed E-state index contributed by atoms with van der Waals surface area (Å²) < 4.78 is 10.3. The smallest absolute Gasteiger partial charge is 0.248 e. The highest BCUT2D eigenvalue weighted by molar-refractivity contribution is 5.77. The minimum atomic E-state index is -0.498. The zero-order chi connectivity index (χ0) is 11.3. The van der Waals surface area contributed by atoms with Gasteiger partial charge < -0.3 is 14.4 Å². The van der Waals surface area contributed by atoms with Crippen LogP contribution in [0.25, 0.3) is 0 Å². The predicted molar refractivity (Wildman–Crippen MR) is 53.0 cm³/mol. The van der Waals surface area contributed by atoms with E-state index in [2.05, 4.69) is 0 Å². The van der Waals surface area contributed by atoms with Crippen molar-refractivity contribution in [3.05, 3.63) is 0 Å². The number of carbonyl (C=O) groups is 1. The molecule has 1 fully saturated rings. The lowest BCUT2D eigenvalue weighted by atomic mass is 10.3. The fraction of sp³-hybridized carbons (Fsp3) is 0.800. The Morgan fingerprint density at radius 1 is 1.73 bits per heavy atom. The highest BCUT2D eigenvalue weighted by atomic mass is 16.5. The van der Waals surface area contributed by atoms with Gasteiger partial charge in [0.15, 0.2) is 6.10 Å². The fourth-order valence-electron chi connectivity index (χ4n) is 1.28. The fourth-order valence-corrected chi connectivity index (χ4v) is 1.28. The van der Waals surface area contributed by atoms with Gasteiger partial charge in [-0.1, -0.05) is 0 Å². The minimum Gasteiger partial charge on any atom is -0.369 e. The highest BCUT2D eigenvalue weighted by Crippen LogP contribution is 2.05. The number of amides is 1. The van der Waals surface area contributed by atoms with Gasteiger partial charge in [0.1, 0.15) is 6.61 Å². The Kier molecular flexibility index (Phi) is 4.53. The van der Waals surface area contributed by atoms with Gasteiger partial charge in [-0.2, -0.15) is 5.26 Å². The van der Waals surface area contributed by atoms with Gasteiger partial charge in [-0.05, 0) is 13.8 Å². The molecule has 0 N–H and O–H groups in total. The van der Waals surface area contributed by atoms with Crippen molar-refractivity contribution in [2.75, 3.05) is 26.3 Å². The third-order valence-corrected chi connectivity index (χ3v) is 2.10. The van der Waals surface area contributed by atoms with E-state index in [9.17, 15) is 4.79 Å². The van der Waals surface area contributed by atoms with E-state index in [0.29, 0.717) is 19.7 Å². The predicted octanol–water partition coefficient (Wildman–Crippen LogP) is 0.162. The monoisotopic (exact) mass is 212 g/mol. The van der Waals surface area contributed by atoms with E-state index in [4.69, 9.17) is 14.7 Å². The Balaban J connectivity index is 2.36. The van der Waals surface area contributed by atoms with Gasteiger partial charge in [0.2, 0.25) is 5.91 Å². The van der Waals surface area contributed by atoms with Crippen LogP contribution in [0, 0.1) is 11.3 Å². The normalized spacial score (nSPS) is 21.5. The topological polar surface area (TPSA) is 62.6 Å². The molecule has 0 spiro atoms. The molecule has 1 aliphatic rings. The maximum atomic E-state index is 11.6. The molecule has 1 atom stereocenters. The molecule has 15 heavy (non-hydrogen) atoms. The van der Waals surface area contributed by atoms with Crippen molar-refractivity contribution < 1.29 is 14.3 Å². The van der Waals surface area contributed by atoms with Crippen molar-refractivity contribution in [3.63, 3.8) is 0 Å². The molecule has 1 heterocycles. The van der Waals surface area contributed by atoms with Crippen LogP contribution in [0.3, 0.4) is 0 Å². The van der Waals surface area contributed by atoms with Crippen molar-refractivity contribution in [2.24, 2.45) is 0 Å². The molecule has 0 aromatic carbocycles. The third kappa shape index (κ3) is 3.86. The average Bonchev–Trinajstić information content (AvgIpc) is 2.26. The molecule has 1 unspecified atom stereocenters. The Morgan fingerprint density at radius 3 is 3.07 bits per heavy atom. The van der Waals surface area contributed by atoms with E-state index in [-0.39, 0.29) is 18.6 Å². The second-order valence-electron chi connectivity index (χ2n) is 3.69. The van der Waals surface area contributed by atoms with E-state index in [1.165, 1.54) is 0 Å². The maximum absolute atomic E-state index is 11.6. The van der Waals surface area contributed by atoms with Crippen molar-refractivity contribution in [1.82, 2.24) is 4.90 Å². The zero-order valence-corrected chi connectivity index (χ0v) is 9.10. The first kappa shape index (κ1) is 12.0. The molecule has 1 saturated heterocycles. The largest absolute Gasteiger partial charge is 0.369 e. The number of rotatable bonds is 3. The molecular weight excluding hydrogens is 196 g/mol. The Hall–Kier alpha value is -1.12. The second-order valence-corrected chi connectivity index (χ2v) is 3.69. The van der Waals surface area contributed by atoms with Crippen molar-refractivity contribution in [2.45, 2.75) is 26.1 Å². The summed E-state index contributed by atoms with van der Waals surface area (Å²) in [5, 5.41) is 8.66. The van der Waals surface area contributed by atoms with E-state index in [0.717, 1.165) is 0 Å². The molecule has 5 heteroatoms. The number of ether oxygens (including phenoxy) is 2. The van der Waals surface area contributed by atoms with Crippen LogP contribution in [0.15, 0.2) is 0 Å². The number of morpholine rings is 1. The van der Waals surface area contributed by atoms with Crippen LogP contribution in [0.2, 0.25) is 0 Å². The lowest BCUT2D eigenvalue weighted by molar-refractivity contribution is -0.143. The summed E-state index contributed by atoms with van der Waals surface area (Å²) in [4.78, 5) is 13.2. The van der Waals surface area contributed by atoms with E-state index >= 15 is 0 Å². The molecule has 0 saturated carbocycles. The molecule has 0 radical (unpaired) electrons. The molecule has 0 aliphatic carbocycles. The Morgan fingerprint density at radius 2 is 2.47 bits per heavy atom. The van der Waals surface area contributed by atoms with Crippen molar-refractivity contribution >= 4 is 5.91 Å². The number of nitriles is 1.